The van der Waals surface area contributed by atoms with Crippen molar-refractivity contribution >= 4 is 17.7 Å². The molecule has 0 unspecified atom stereocenters. The van der Waals surface area contributed by atoms with Crippen LogP contribution < -0.4 is 16.6 Å². The lowest BCUT2D eigenvalue weighted by molar-refractivity contribution is -0.144. The van der Waals surface area contributed by atoms with E-state index in [2.05, 4.69) is 14.8 Å². The largest absolute Gasteiger partial charge is 0.466 e. The lowest BCUT2D eigenvalue weighted by Crippen LogP contribution is -2.41. The Morgan fingerprint density at radius 1 is 1.17 bits per heavy atom. The van der Waals surface area contributed by atoms with Gasteiger partial charge in [-0.1, -0.05) is 0 Å². The summed E-state index contributed by atoms with van der Waals surface area (Å²) in [7, 11) is 1.85. The number of alkyl halides is 3. The summed E-state index contributed by atoms with van der Waals surface area (Å²) in [5, 5.41) is 2.18. The molecule has 2 rings (SSSR count). The number of ether oxygens (including phenoxy) is 2. The molecule has 9 nitrogen and oxygen atoms in total. The molecule has 0 bridgehead atoms. The normalized spacial score (nSPS) is 11.2. The molecule has 0 saturated heterocycles. The van der Waals surface area contributed by atoms with Crippen molar-refractivity contribution in [3.8, 4) is 5.69 Å². The maximum absolute atomic E-state index is 14.4. The van der Waals surface area contributed by atoms with Crippen LogP contribution in [0.15, 0.2) is 27.8 Å². The topological polar surface area (TPSA) is 109 Å². The van der Waals surface area contributed by atoms with Crippen LogP contribution in [-0.4, -0.2) is 34.9 Å². The summed E-state index contributed by atoms with van der Waals surface area (Å²) >= 11 is 0. The minimum atomic E-state index is -4.98. The number of nitrogens with one attached hydrogen (secondary N) is 1. The molecular weight excluding hydrogens is 418 g/mol. The number of amides is 1. The van der Waals surface area contributed by atoms with Gasteiger partial charge in [0.15, 0.2) is 6.61 Å². The second-order valence-electron chi connectivity index (χ2n) is 5.94. The monoisotopic (exact) mass is 433 g/mol. The minimum Gasteiger partial charge on any atom is -0.466 e. The second kappa shape index (κ2) is 8.39. The highest BCUT2D eigenvalue weighted by Crippen LogP contribution is 2.27. The number of rotatable bonds is 4. The first-order valence-electron chi connectivity index (χ1n) is 8.08. The number of carbonyl (C=O) groups excluding carboxylic acids is 2. The van der Waals surface area contributed by atoms with Gasteiger partial charge >= 0.3 is 23.9 Å². The number of anilines is 1. The molecule has 0 spiro atoms. The number of aromatic nitrogens is 2. The predicted molar refractivity (Wildman–Crippen MR) is 94.0 cm³/mol. The third-order valence-electron chi connectivity index (χ3n) is 3.93. The molecule has 0 atom stereocenters. The van der Waals surface area contributed by atoms with Crippen LogP contribution in [0.2, 0.25) is 0 Å². The number of hydrogen-bond acceptors (Lipinski definition) is 6. The molecule has 1 amide bonds. The van der Waals surface area contributed by atoms with Gasteiger partial charge in [-0.05, 0) is 24.6 Å². The van der Waals surface area contributed by atoms with Crippen molar-refractivity contribution in [2.24, 2.45) is 7.05 Å². The summed E-state index contributed by atoms with van der Waals surface area (Å²) in [5.41, 5.74) is -5.04. The Kier molecular flexibility index (Phi) is 6.33. The standard InChI is InChI=1S/C17H15F4N3O6/c1-8-4-9(18)11(5-10(8)22-15(27)30-7-14(26)29-3)24-13(25)6-12(17(19,20)21)23(2)16(24)28/h4-6H,7H2,1-3H3,(H,22,27). The quantitative estimate of drug-likeness (QED) is 0.581. The molecule has 162 valence electrons. The van der Waals surface area contributed by atoms with E-state index in [9.17, 15) is 36.7 Å². The summed E-state index contributed by atoms with van der Waals surface area (Å²) < 4.78 is 62.5. The van der Waals surface area contributed by atoms with E-state index in [1.54, 1.807) is 0 Å². The molecule has 0 aliphatic heterocycles. The van der Waals surface area contributed by atoms with Crippen molar-refractivity contribution in [3.63, 3.8) is 0 Å². The highest BCUT2D eigenvalue weighted by atomic mass is 19.4. The van der Waals surface area contributed by atoms with Crippen molar-refractivity contribution in [2.45, 2.75) is 13.1 Å². The highest BCUT2D eigenvalue weighted by molar-refractivity contribution is 5.87. The van der Waals surface area contributed by atoms with Gasteiger partial charge in [0.2, 0.25) is 0 Å². The first kappa shape index (κ1) is 22.6. The van der Waals surface area contributed by atoms with Crippen LogP contribution in [0, 0.1) is 12.7 Å². The van der Waals surface area contributed by atoms with Gasteiger partial charge in [-0.2, -0.15) is 13.2 Å². The fourth-order valence-electron chi connectivity index (χ4n) is 2.42. The Balaban J connectivity index is 2.52. The summed E-state index contributed by atoms with van der Waals surface area (Å²) in [6, 6.07) is 1.88. The lowest BCUT2D eigenvalue weighted by Gasteiger charge is -2.16. The molecule has 2 aromatic rings. The number of nitrogens with zero attached hydrogens (tertiary/aromatic N) is 2. The third kappa shape index (κ3) is 4.67. The highest BCUT2D eigenvalue weighted by Gasteiger charge is 2.35. The predicted octanol–water partition coefficient (Wildman–Crippen LogP) is 1.72. The number of esters is 1. The van der Waals surface area contributed by atoms with E-state index < -0.39 is 53.3 Å². The summed E-state index contributed by atoms with van der Waals surface area (Å²) in [6.07, 6.45) is -6.11. The van der Waals surface area contributed by atoms with Crippen molar-refractivity contribution in [1.82, 2.24) is 9.13 Å². The Morgan fingerprint density at radius 2 is 1.80 bits per heavy atom. The molecule has 0 radical (unpaired) electrons. The molecule has 1 heterocycles. The van der Waals surface area contributed by atoms with E-state index in [0.717, 1.165) is 26.3 Å². The van der Waals surface area contributed by atoms with Crippen LogP contribution >= 0.6 is 0 Å². The Hall–Kier alpha value is -3.64. The first-order chi connectivity index (χ1) is 13.9. The summed E-state index contributed by atoms with van der Waals surface area (Å²) in [5.74, 6) is -1.94. The maximum Gasteiger partial charge on any atom is 0.431 e. The van der Waals surface area contributed by atoms with Gasteiger partial charge in [-0.15, -0.1) is 0 Å². The molecule has 0 fully saturated rings. The molecule has 1 N–H and O–H groups in total. The van der Waals surface area contributed by atoms with Crippen LogP contribution in [-0.2, 0) is 27.5 Å². The molecule has 0 saturated carbocycles. The van der Waals surface area contributed by atoms with Crippen LogP contribution in [0.1, 0.15) is 11.3 Å². The molecule has 30 heavy (non-hydrogen) atoms. The molecule has 0 aliphatic rings. The summed E-state index contributed by atoms with van der Waals surface area (Å²) in [6.45, 7) is 0.657. The van der Waals surface area contributed by atoms with Gasteiger partial charge in [0.05, 0.1) is 12.8 Å². The van der Waals surface area contributed by atoms with Crippen molar-refractivity contribution in [3.05, 3.63) is 56.1 Å². The fourth-order valence-corrected chi connectivity index (χ4v) is 2.42. The molecule has 1 aromatic carbocycles. The van der Waals surface area contributed by atoms with E-state index >= 15 is 0 Å². The average molecular weight is 433 g/mol. The maximum atomic E-state index is 14.4. The van der Waals surface area contributed by atoms with Gasteiger partial charge in [-0.3, -0.25) is 14.7 Å². The van der Waals surface area contributed by atoms with E-state index in [1.165, 1.54) is 6.92 Å². The van der Waals surface area contributed by atoms with E-state index in [4.69, 9.17) is 0 Å². The van der Waals surface area contributed by atoms with Crippen LogP contribution in [0.3, 0.4) is 0 Å². The third-order valence-corrected chi connectivity index (χ3v) is 3.93. The molecule has 13 heteroatoms. The van der Waals surface area contributed by atoms with Crippen LogP contribution in [0.4, 0.5) is 28.0 Å². The fraction of sp³-hybridized carbons (Fsp3) is 0.294. The number of halogens is 4. The van der Waals surface area contributed by atoms with Crippen molar-refractivity contribution < 1.29 is 36.6 Å². The van der Waals surface area contributed by atoms with Crippen molar-refractivity contribution in [2.75, 3.05) is 19.0 Å². The van der Waals surface area contributed by atoms with E-state index in [0.29, 0.717) is 0 Å². The van der Waals surface area contributed by atoms with Crippen LogP contribution in [0.5, 0.6) is 0 Å². The van der Waals surface area contributed by atoms with Gasteiger partial charge in [0, 0.05) is 18.8 Å². The SMILES string of the molecule is COC(=O)COC(=O)Nc1cc(-n2c(=O)cc(C(F)(F)F)n(C)c2=O)c(F)cc1C. The van der Waals surface area contributed by atoms with Gasteiger partial charge in [-0.25, -0.2) is 23.3 Å². The average Bonchev–Trinajstić information content (AvgIpc) is 2.65. The zero-order chi connectivity index (χ0) is 22.8. The minimum absolute atomic E-state index is 0.116. The zero-order valence-corrected chi connectivity index (χ0v) is 15.8. The Labute approximate surface area is 165 Å². The number of hydrogen-bond donors (Lipinski definition) is 1. The smallest absolute Gasteiger partial charge is 0.431 e. The number of carbonyl (C=O) groups is 2. The van der Waals surface area contributed by atoms with Crippen molar-refractivity contribution in [1.29, 1.82) is 0 Å². The number of aryl methyl sites for hydroxylation is 1. The second-order valence-corrected chi connectivity index (χ2v) is 5.94. The van der Waals surface area contributed by atoms with Gasteiger partial charge in [0.1, 0.15) is 11.5 Å². The number of benzene rings is 1. The van der Waals surface area contributed by atoms with Crippen LogP contribution in [0.25, 0.3) is 5.69 Å². The van der Waals surface area contributed by atoms with E-state index in [-0.39, 0.29) is 26.5 Å². The zero-order valence-electron chi connectivity index (χ0n) is 15.8. The van der Waals surface area contributed by atoms with Gasteiger partial charge < -0.3 is 9.47 Å². The van der Waals surface area contributed by atoms with E-state index in [1.807, 2.05) is 0 Å². The molecular formula is C17H15F4N3O6. The Bertz CT molecular complexity index is 1120. The molecule has 0 aliphatic carbocycles. The molecule has 1 aromatic heterocycles. The first-order valence-corrected chi connectivity index (χ1v) is 8.08. The lowest BCUT2D eigenvalue weighted by atomic mass is 10.1. The summed E-state index contributed by atoms with van der Waals surface area (Å²) in [4.78, 5) is 47.3. The Morgan fingerprint density at radius 3 is 2.37 bits per heavy atom. The van der Waals surface area contributed by atoms with Gasteiger partial charge in [0.25, 0.3) is 5.56 Å². The number of methoxy groups -OCH3 is 1.